The first-order valence-electron chi connectivity index (χ1n) is 4.93. The average molecular weight is 191 g/mol. The van der Waals surface area contributed by atoms with Crippen LogP contribution in [-0.2, 0) is 0 Å². The summed E-state index contributed by atoms with van der Waals surface area (Å²) in [5.41, 5.74) is 0. The van der Waals surface area contributed by atoms with E-state index < -0.39 is 0 Å². The zero-order valence-electron chi connectivity index (χ0n) is 8.02. The lowest BCUT2D eigenvalue weighted by Gasteiger charge is -2.27. The molecule has 0 spiro atoms. The predicted octanol–water partition coefficient (Wildman–Crippen LogP) is 1.28. The maximum absolute atomic E-state index is 10.5. The lowest BCUT2D eigenvalue weighted by atomic mass is 10.1. The van der Waals surface area contributed by atoms with Gasteiger partial charge >= 0.3 is 0 Å². The molecule has 0 unspecified atom stereocenters. The van der Waals surface area contributed by atoms with Gasteiger partial charge in [-0.1, -0.05) is 0 Å². The lowest BCUT2D eigenvalue weighted by molar-refractivity contribution is 0.111. The second-order valence-corrected chi connectivity index (χ2v) is 3.44. The molecule has 0 bridgehead atoms. The van der Waals surface area contributed by atoms with Crippen LogP contribution in [0.1, 0.15) is 29.9 Å². The molecular formula is C10H13N3O. The van der Waals surface area contributed by atoms with Crippen LogP contribution in [-0.4, -0.2) is 29.3 Å². The number of nitrogens with zero attached hydrogens (tertiary/aromatic N) is 3. The molecule has 1 fully saturated rings. The van der Waals surface area contributed by atoms with Crippen molar-refractivity contribution in [2.45, 2.75) is 19.3 Å². The molecule has 1 saturated heterocycles. The second-order valence-electron chi connectivity index (χ2n) is 3.44. The smallest absolute Gasteiger partial charge is 0.194 e. The van der Waals surface area contributed by atoms with E-state index in [1.807, 2.05) is 6.07 Å². The molecule has 0 atom stereocenters. The summed E-state index contributed by atoms with van der Waals surface area (Å²) in [4.78, 5) is 20.7. The Hall–Kier alpha value is -1.45. The molecule has 1 aromatic rings. The molecule has 0 amide bonds. The highest BCUT2D eigenvalue weighted by Gasteiger charge is 2.12. The number of aldehydes is 1. The molecule has 4 heteroatoms. The van der Waals surface area contributed by atoms with E-state index in [4.69, 9.17) is 0 Å². The van der Waals surface area contributed by atoms with Crippen LogP contribution in [0.5, 0.6) is 0 Å². The Bertz CT molecular complexity index is 321. The summed E-state index contributed by atoms with van der Waals surface area (Å²) >= 11 is 0. The molecule has 0 radical (unpaired) electrons. The van der Waals surface area contributed by atoms with Gasteiger partial charge in [0.1, 0.15) is 5.82 Å². The van der Waals surface area contributed by atoms with Crippen molar-refractivity contribution in [3.05, 3.63) is 18.1 Å². The summed E-state index contributed by atoms with van der Waals surface area (Å²) in [6.45, 7) is 2.07. The van der Waals surface area contributed by atoms with Crippen molar-refractivity contribution < 1.29 is 4.79 Å². The largest absolute Gasteiger partial charge is 0.357 e. The first-order valence-corrected chi connectivity index (χ1v) is 4.93. The Kier molecular flexibility index (Phi) is 2.72. The first-order chi connectivity index (χ1) is 6.90. The van der Waals surface area contributed by atoms with Gasteiger partial charge < -0.3 is 4.90 Å². The maximum Gasteiger partial charge on any atom is 0.194 e. The molecule has 14 heavy (non-hydrogen) atoms. The molecule has 74 valence electrons. The fraction of sp³-hybridized carbons (Fsp3) is 0.500. The van der Waals surface area contributed by atoms with Gasteiger partial charge in [-0.05, 0) is 25.3 Å². The monoisotopic (exact) mass is 191 g/mol. The Morgan fingerprint density at radius 3 is 2.79 bits per heavy atom. The minimum Gasteiger partial charge on any atom is -0.357 e. The highest BCUT2D eigenvalue weighted by atomic mass is 16.1. The van der Waals surface area contributed by atoms with E-state index in [-0.39, 0.29) is 5.82 Å². The van der Waals surface area contributed by atoms with Crippen LogP contribution in [0, 0.1) is 0 Å². The third kappa shape index (κ3) is 1.89. The van der Waals surface area contributed by atoms with Gasteiger partial charge in [0.25, 0.3) is 0 Å². The van der Waals surface area contributed by atoms with Gasteiger partial charge in [0.2, 0.25) is 0 Å². The summed E-state index contributed by atoms with van der Waals surface area (Å²) in [6.07, 6.45) is 6.04. The van der Waals surface area contributed by atoms with Crippen molar-refractivity contribution in [1.82, 2.24) is 9.97 Å². The van der Waals surface area contributed by atoms with Crippen molar-refractivity contribution >= 4 is 12.1 Å². The Balaban J connectivity index is 2.17. The summed E-state index contributed by atoms with van der Waals surface area (Å²) < 4.78 is 0. The number of carbonyl (C=O) groups is 1. The van der Waals surface area contributed by atoms with Gasteiger partial charge in [-0.3, -0.25) is 4.79 Å². The minimum absolute atomic E-state index is 0.271. The minimum atomic E-state index is 0.271. The SMILES string of the molecule is O=Cc1nccc(N2CCCCC2)n1. The highest BCUT2D eigenvalue weighted by molar-refractivity contribution is 5.69. The molecule has 0 aromatic carbocycles. The van der Waals surface area contributed by atoms with E-state index in [9.17, 15) is 4.79 Å². The van der Waals surface area contributed by atoms with E-state index in [1.165, 1.54) is 19.3 Å². The third-order valence-corrected chi connectivity index (χ3v) is 2.44. The van der Waals surface area contributed by atoms with E-state index in [0.717, 1.165) is 18.9 Å². The summed E-state index contributed by atoms with van der Waals surface area (Å²) in [5, 5.41) is 0. The average Bonchev–Trinajstić information content (AvgIpc) is 2.30. The van der Waals surface area contributed by atoms with Gasteiger partial charge in [-0.2, -0.15) is 0 Å². The highest BCUT2D eigenvalue weighted by Crippen LogP contribution is 2.16. The summed E-state index contributed by atoms with van der Waals surface area (Å²) in [7, 11) is 0. The fourth-order valence-corrected chi connectivity index (χ4v) is 1.72. The molecule has 0 N–H and O–H groups in total. The number of rotatable bonds is 2. The quantitative estimate of drug-likeness (QED) is 0.660. The number of piperidine rings is 1. The van der Waals surface area contributed by atoms with Gasteiger partial charge in [0.05, 0.1) is 0 Å². The number of hydrogen-bond acceptors (Lipinski definition) is 4. The molecule has 4 nitrogen and oxygen atoms in total. The summed E-state index contributed by atoms with van der Waals surface area (Å²) in [6, 6.07) is 1.86. The number of hydrogen-bond donors (Lipinski definition) is 0. The lowest BCUT2D eigenvalue weighted by Crippen LogP contribution is -2.30. The third-order valence-electron chi connectivity index (χ3n) is 2.44. The molecule has 0 aliphatic carbocycles. The second kappa shape index (κ2) is 4.17. The van der Waals surface area contributed by atoms with E-state index in [2.05, 4.69) is 14.9 Å². The van der Waals surface area contributed by atoms with Crippen LogP contribution < -0.4 is 4.90 Å². The van der Waals surface area contributed by atoms with Crippen molar-refractivity contribution in [3.8, 4) is 0 Å². The fourth-order valence-electron chi connectivity index (χ4n) is 1.72. The number of anilines is 1. The van der Waals surface area contributed by atoms with E-state index >= 15 is 0 Å². The Labute approximate surface area is 83.0 Å². The Morgan fingerprint density at radius 1 is 1.29 bits per heavy atom. The Morgan fingerprint density at radius 2 is 2.07 bits per heavy atom. The van der Waals surface area contributed by atoms with Crippen LogP contribution in [0.4, 0.5) is 5.82 Å². The van der Waals surface area contributed by atoms with Crippen LogP contribution in [0.25, 0.3) is 0 Å². The maximum atomic E-state index is 10.5. The standard InChI is InChI=1S/C10H13N3O/c14-8-9-11-5-4-10(12-9)13-6-2-1-3-7-13/h4-5,8H,1-3,6-7H2. The van der Waals surface area contributed by atoms with Gasteiger partial charge in [-0.15, -0.1) is 0 Å². The van der Waals surface area contributed by atoms with Crippen LogP contribution >= 0.6 is 0 Å². The van der Waals surface area contributed by atoms with Crippen LogP contribution in [0.15, 0.2) is 12.3 Å². The van der Waals surface area contributed by atoms with Crippen molar-refractivity contribution in [2.24, 2.45) is 0 Å². The summed E-state index contributed by atoms with van der Waals surface area (Å²) in [5.74, 6) is 1.15. The zero-order chi connectivity index (χ0) is 9.80. The van der Waals surface area contributed by atoms with Crippen LogP contribution in [0.3, 0.4) is 0 Å². The van der Waals surface area contributed by atoms with Crippen LogP contribution in [0.2, 0.25) is 0 Å². The molecule has 1 aromatic heterocycles. The molecular weight excluding hydrogens is 178 g/mol. The van der Waals surface area contributed by atoms with Crippen molar-refractivity contribution in [1.29, 1.82) is 0 Å². The first kappa shape index (κ1) is 9.12. The molecule has 1 aliphatic rings. The molecule has 2 heterocycles. The predicted molar refractivity (Wildman–Crippen MR) is 53.5 cm³/mol. The zero-order valence-corrected chi connectivity index (χ0v) is 8.02. The van der Waals surface area contributed by atoms with Gasteiger partial charge in [0.15, 0.2) is 12.1 Å². The number of carbonyl (C=O) groups excluding carboxylic acids is 1. The molecule has 1 aliphatic heterocycles. The topological polar surface area (TPSA) is 46.1 Å². The van der Waals surface area contributed by atoms with Crippen molar-refractivity contribution in [2.75, 3.05) is 18.0 Å². The van der Waals surface area contributed by atoms with E-state index in [0.29, 0.717) is 6.29 Å². The molecule has 2 rings (SSSR count). The van der Waals surface area contributed by atoms with Crippen molar-refractivity contribution in [3.63, 3.8) is 0 Å². The number of aromatic nitrogens is 2. The van der Waals surface area contributed by atoms with Gasteiger partial charge in [0, 0.05) is 19.3 Å². The normalized spacial score (nSPS) is 16.7. The molecule has 0 saturated carbocycles. The van der Waals surface area contributed by atoms with E-state index in [1.54, 1.807) is 6.20 Å². The van der Waals surface area contributed by atoms with Gasteiger partial charge in [-0.25, -0.2) is 9.97 Å².